The lowest BCUT2D eigenvalue weighted by Crippen LogP contribution is -2.60. The molecule has 0 aliphatic carbocycles. The molecule has 2 aromatic heterocycles. The number of rotatable bonds is 3. The fourth-order valence-corrected chi connectivity index (χ4v) is 4.27. The number of pyridine rings is 2. The van der Waals surface area contributed by atoms with E-state index in [1.54, 1.807) is 0 Å². The number of anilines is 2. The number of aryl methyl sites for hydroxylation is 2. The van der Waals surface area contributed by atoms with Crippen molar-refractivity contribution in [2.75, 3.05) is 29.4 Å². The van der Waals surface area contributed by atoms with Gasteiger partial charge in [-0.3, -0.25) is 5.41 Å². The van der Waals surface area contributed by atoms with Gasteiger partial charge in [0.15, 0.2) is 11.8 Å². The Bertz CT molecular complexity index is 1180. The number of piperazine rings is 1. The average molecular weight is 428 g/mol. The van der Waals surface area contributed by atoms with Crippen LogP contribution in [0.2, 0.25) is 0 Å². The number of aromatic nitrogens is 2. The van der Waals surface area contributed by atoms with E-state index in [2.05, 4.69) is 40.9 Å². The highest BCUT2D eigenvalue weighted by Crippen LogP contribution is 2.26. The quantitative estimate of drug-likeness (QED) is 0.290. The van der Waals surface area contributed by atoms with E-state index in [9.17, 15) is 5.26 Å². The Morgan fingerprint density at radius 3 is 2.56 bits per heavy atom. The molecule has 1 unspecified atom stereocenters. The van der Waals surface area contributed by atoms with Gasteiger partial charge >= 0.3 is 0 Å². The van der Waals surface area contributed by atoms with Crippen molar-refractivity contribution in [1.29, 1.82) is 10.7 Å². The molecule has 0 amide bonds. The average Bonchev–Trinajstić information content (AvgIpc) is 2.79. The molecule has 7 nitrogen and oxygen atoms in total. The Balaban J connectivity index is 1.59. The lowest BCUT2D eigenvalue weighted by atomic mass is 9.99. The molecule has 32 heavy (non-hydrogen) atoms. The van der Waals surface area contributed by atoms with Crippen molar-refractivity contribution in [1.82, 2.24) is 14.9 Å². The number of para-hydroxylation sites is 1. The summed E-state index contributed by atoms with van der Waals surface area (Å²) in [5, 5.41) is 19.8. The van der Waals surface area contributed by atoms with E-state index in [0.29, 0.717) is 12.5 Å². The zero-order valence-electron chi connectivity index (χ0n) is 19.1. The Morgan fingerprint density at radius 1 is 1.09 bits per heavy atom. The van der Waals surface area contributed by atoms with Gasteiger partial charge in [-0.25, -0.2) is 14.9 Å². The number of benzene rings is 1. The van der Waals surface area contributed by atoms with Crippen molar-refractivity contribution >= 4 is 28.5 Å². The second-order valence-electron chi connectivity index (χ2n) is 8.67. The van der Waals surface area contributed by atoms with Crippen LogP contribution in [0.5, 0.6) is 0 Å². The third-order valence-electron chi connectivity index (χ3n) is 6.13. The molecule has 1 saturated heterocycles. The van der Waals surface area contributed by atoms with Crippen LogP contribution in [0.25, 0.3) is 11.0 Å². The molecule has 0 bridgehead atoms. The van der Waals surface area contributed by atoms with Gasteiger partial charge in [0.2, 0.25) is 5.96 Å². The maximum Gasteiger partial charge on any atom is 0.212 e. The topological polar surface area (TPSA) is 83.1 Å². The first-order valence-corrected chi connectivity index (χ1v) is 11.0. The van der Waals surface area contributed by atoms with E-state index < -0.39 is 0 Å². The monoisotopic (exact) mass is 427 g/mol. The summed E-state index contributed by atoms with van der Waals surface area (Å²) >= 11 is 0. The Hall–Kier alpha value is -3.66. The van der Waals surface area contributed by atoms with Gasteiger partial charge in [-0.1, -0.05) is 32.0 Å². The van der Waals surface area contributed by atoms with Gasteiger partial charge in [0.05, 0.1) is 11.7 Å². The molecular formula is C25H29N7. The first kappa shape index (κ1) is 21.6. The Labute approximate surface area is 189 Å². The maximum atomic E-state index is 9.86. The van der Waals surface area contributed by atoms with Crippen LogP contribution in [0.15, 0.2) is 48.5 Å². The van der Waals surface area contributed by atoms with E-state index in [0.717, 1.165) is 46.9 Å². The lowest BCUT2D eigenvalue weighted by molar-refractivity contribution is 0.221. The summed E-state index contributed by atoms with van der Waals surface area (Å²) in [6, 6.07) is 15.9. The molecule has 7 heteroatoms. The maximum absolute atomic E-state index is 9.86. The van der Waals surface area contributed by atoms with Crippen molar-refractivity contribution < 1.29 is 0 Å². The number of nitrogens with zero attached hydrogens (tertiary/aromatic N) is 6. The van der Waals surface area contributed by atoms with Crippen molar-refractivity contribution in [2.45, 2.75) is 33.7 Å². The molecule has 1 aliphatic heterocycles. The van der Waals surface area contributed by atoms with E-state index in [1.165, 1.54) is 4.90 Å². The lowest BCUT2D eigenvalue weighted by Gasteiger charge is -2.45. The summed E-state index contributed by atoms with van der Waals surface area (Å²) in [5.74, 6) is 1.43. The molecule has 3 heterocycles. The standard InChI is InChI=1S/C25H29N7/c1-17(2)22-15-30(23-12-11-20-10-9-19(4)28-24(20)29-23)13-14-31(22)25(27)32(16-26)21-8-6-5-7-18(21)3/h5-12,17,22,27H,13-15H2,1-4H3. The second kappa shape index (κ2) is 8.83. The fourth-order valence-electron chi connectivity index (χ4n) is 4.27. The minimum absolute atomic E-state index is 0.0825. The van der Waals surface area contributed by atoms with Crippen LogP contribution >= 0.6 is 0 Å². The molecular weight excluding hydrogens is 398 g/mol. The molecule has 0 radical (unpaired) electrons. The number of nitriles is 1. The number of hydrogen-bond donors (Lipinski definition) is 1. The van der Waals surface area contributed by atoms with Gasteiger partial charge in [-0.05, 0) is 55.7 Å². The number of nitrogens with one attached hydrogen (secondary N) is 1. The molecule has 1 atom stereocenters. The third kappa shape index (κ3) is 4.09. The van der Waals surface area contributed by atoms with Crippen LogP contribution in [0.3, 0.4) is 0 Å². The molecule has 1 fully saturated rings. The van der Waals surface area contributed by atoms with Crippen LogP contribution in [0.1, 0.15) is 25.1 Å². The van der Waals surface area contributed by atoms with Gasteiger partial charge in [-0.15, -0.1) is 0 Å². The molecule has 4 rings (SSSR count). The summed E-state index contributed by atoms with van der Waals surface area (Å²) in [6.07, 6.45) is 2.22. The van der Waals surface area contributed by atoms with Gasteiger partial charge in [0.1, 0.15) is 5.82 Å². The summed E-state index contributed by atoms with van der Waals surface area (Å²) in [7, 11) is 0. The van der Waals surface area contributed by atoms with E-state index in [1.807, 2.05) is 56.3 Å². The van der Waals surface area contributed by atoms with E-state index in [4.69, 9.17) is 10.4 Å². The molecule has 1 aromatic carbocycles. The molecule has 0 saturated carbocycles. The third-order valence-corrected chi connectivity index (χ3v) is 6.13. The largest absolute Gasteiger partial charge is 0.353 e. The summed E-state index contributed by atoms with van der Waals surface area (Å²) in [4.78, 5) is 15.1. The Morgan fingerprint density at radius 2 is 1.84 bits per heavy atom. The molecule has 1 aliphatic rings. The van der Waals surface area contributed by atoms with Crippen molar-refractivity contribution in [3.05, 3.63) is 59.8 Å². The minimum Gasteiger partial charge on any atom is -0.353 e. The van der Waals surface area contributed by atoms with Crippen molar-refractivity contribution in [3.63, 3.8) is 0 Å². The Kier molecular flexibility index (Phi) is 5.95. The van der Waals surface area contributed by atoms with Crippen LogP contribution in [0.4, 0.5) is 11.5 Å². The summed E-state index contributed by atoms with van der Waals surface area (Å²) in [6.45, 7) is 10.4. The van der Waals surface area contributed by atoms with Gasteiger partial charge < -0.3 is 9.80 Å². The van der Waals surface area contributed by atoms with Crippen LogP contribution < -0.4 is 9.80 Å². The number of fused-ring (bicyclic) bond motifs is 1. The normalized spacial score (nSPS) is 16.3. The predicted molar refractivity (Wildman–Crippen MR) is 129 cm³/mol. The SMILES string of the molecule is Cc1ccc2ccc(N3CCN(C(=N)N(C#N)c4ccccc4C)C(C(C)C)C3)nc2n1. The van der Waals surface area contributed by atoms with Gasteiger partial charge in [0, 0.05) is 30.7 Å². The fraction of sp³-hybridized carbons (Fsp3) is 0.360. The van der Waals surface area contributed by atoms with Crippen molar-refractivity contribution in [2.24, 2.45) is 5.92 Å². The summed E-state index contributed by atoms with van der Waals surface area (Å²) in [5.41, 5.74) is 3.44. The van der Waals surface area contributed by atoms with E-state index in [-0.39, 0.29) is 12.0 Å². The minimum atomic E-state index is 0.0825. The van der Waals surface area contributed by atoms with E-state index >= 15 is 0 Å². The van der Waals surface area contributed by atoms with Crippen LogP contribution in [-0.2, 0) is 0 Å². The first-order chi connectivity index (χ1) is 15.4. The predicted octanol–water partition coefficient (Wildman–Crippen LogP) is 4.32. The number of guanidine groups is 1. The molecule has 3 aromatic rings. The highest BCUT2D eigenvalue weighted by atomic mass is 15.4. The van der Waals surface area contributed by atoms with Gasteiger partial charge in [-0.2, -0.15) is 5.26 Å². The smallest absolute Gasteiger partial charge is 0.212 e. The van der Waals surface area contributed by atoms with Crippen LogP contribution in [0, 0.1) is 36.6 Å². The zero-order valence-corrected chi connectivity index (χ0v) is 19.1. The zero-order chi connectivity index (χ0) is 22.8. The molecule has 0 spiro atoms. The highest BCUT2D eigenvalue weighted by Gasteiger charge is 2.34. The molecule has 164 valence electrons. The van der Waals surface area contributed by atoms with Gasteiger partial charge in [0.25, 0.3) is 0 Å². The first-order valence-electron chi connectivity index (χ1n) is 11.0. The highest BCUT2D eigenvalue weighted by molar-refractivity contribution is 5.97. The molecule has 1 N–H and O–H groups in total. The number of hydrogen-bond acceptors (Lipinski definition) is 5. The van der Waals surface area contributed by atoms with Crippen molar-refractivity contribution in [3.8, 4) is 6.19 Å². The second-order valence-corrected chi connectivity index (χ2v) is 8.67. The summed E-state index contributed by atoms with van der Waals surface area (Å²) < 4.78 is 0. The van der Waals surface area contributed by atoms with Crippen LogP contribution in [-0.4, -0.2) is 46.5 Å².